The second-order valence-electron chi connectivity index (χ2n) is 4.80. The smallest absolute Gasteiger partial charge is 0.254 e. The quantitative estimate of drug-likeness (QED) is 0.912. The lowest BCUT2D eigenvalue weighted by Crippen LogP contribution is -2.45. The van der Waals surface area contributed by atoms with E-state index in [4.69, 9.17) is 10.00 Å². The lowest BCUT2D eigenvalue weighted by molar-refractivity contribution is 0.00346. The molecule has 5 nitrogen and oxygen atoms in total. The highest BCUT2D eigenvalue weighted by Crippen LogP contribution is 2.18. The van der Waals surface area contributed by atoms with Crippen LogP contribution in [0.3, 0.4) is 0 Å². The summed E-state index contributed by atoms with van der Waals surface area (Å²) in [5, 5.41) is 12.1. The number of amides is 1. The zero-order valence-corrected chi connectivity index (χ0v) is 11.8. The number of anilines is 1. The first-order chi connectivity index (χ1) is 9.65. The SMILES string of the molecule is CCNc1ccc(C(=O)N2CCOC(C#N)C2)cc1C. The van der Waals surface area contributed by atoms with E-state index in [2.05, 4.69) is 11.4 Å². The molecular formula is C15H19N3O2. The van der Waals surface area contributed by atoms with Gasteiger partial charge in [-0.15, -0.1) is 0 Å². The van der Waals surface area contributed by atoms with E-state index >= 15 is 0 Å². The van der Waals surface area contributed by atoms with Gasteiger partial charge >= 0.3 is 0 Å². The molecule has 1 aromatic carbocycles. The Labute approximate surface area is 119 Å². The van der Waals surface area contributed by atoms with Gasteiger partial charge in [0.2, 0.25) is 0 Å². The monoisotopic (exact) mass is 273 g/mol. The van der Waals surface area contributed by atoms with Crippen molar-refractivity contribution in [1.29, 1.82) is 5.26 Å². The minimum atomic E-state index is -0.519. The van der Waals surface area contributed by atoms with Crippen LogP contribution in [0.4, 0.5) is 5.69 Å². The first kappa shape index (κ1) is 14.4. The van der Waals surface area contributed by atoms with E-state index in [-0.39, 0.29) is 5.91 Å². The summed E-state index contributed by atoms with van der Waals surface area (Å²) in [6.07, 6.45) is -0.519. The predicted molar refractivity (Wildman–Crippen MR) is 76.6 cm³/mol. The van der Waals surface area contributed by atoms with Crippen molar-refractivity contribution in [2.45, 2.75) is 20.0 Å². The number of nitrogens with zero attached hydrogens (tertiary/aromatic N) is 2. The number of carbonyl (C=O) groups excluding carboxylic acids is 1. The minimum absolute atomic E-state index is 0.0419. The third-order valence-electron chi connectivity index (χ3n) is 3.34. The van der Waals surface area contributed by atoms with Crippen LogP contribution in [0.15, 0.2) is 18.2 Å². The maximum atomic E-state index is 12.4. The number of hydrogen-bond acceptors (Lipinski definition) is 4. The molecule has 1 saturated heterocycles. The van der Waals surface area contributed by atoms with Crippen LogP contribution in [0.25, 0.3) is 0 Å². The molecule has 1 fully saturated rings. The van der Waals surface area contributed by atoms with Crippen molar-refractivity contribution in [2.24, 2.45) is 0 Å². The Morgan fingerprint density at radius 2 is 2.40 bits per heavy atom. The lowest BCUT2D eigenvalue weighted by atomic mass is 10.1. The van der Waals surface area contributed by atoms with Gasteiger partial charge in [-0.05, 0) is 37.6 Å². The van der Waals surface area contributed by atoms with Crippen LogP contribution < -0.4 is 5.32 Å². The van der Waals surface area contributed by atoms with Gasteiger partial charge in [0, 0.05) is 24.3 Å². The highest BCUT2D eigenvalue weighted by atomic mass is 16.5. The van der Waals surface area contributed by atoms with Gasteiger partial charge in [-0.25, -0.2) is 0 Å². The molecule has 1 aromatic rings. The largest absolute Gasteiger partial charge is 0.385 e. The zero-order valence-electron chi connectivity index (χ0n) is 11.8. The molecule has 1 amide bonds. The fraction of sp³-hybridized carbons (Fsp3) is 0.467. The third kappa shape index (κ3) is 3.09. The lowest BCUT2D eigenvalue weighted by Gasteiger charge is -2.30. The van der Waals surface area contributed by atoms with E-state index in [1.165, 1.54) is 0 Å². The molecule has 1 aliphatic heterocycles. The van der Waals surface area contributed by atoms with Crippen molar-refractivity contribution in [3.63, 3.8) is 0 Å². The van der Waals surface area contributed by atoms with Crippen LogP contribution >= 0.6 is 0 Å². The Bertz CT molecular complexity index is 536. The summed E-state index contributed by atoms with van der Waals surface area (Å²) in [6.45, 7) is 6.15. The summed E-state index contributed by atoms with van der Waals surface area (Å²) in [5.74, 6) is -0.0419. The molecule has 1 heterocycles. The zero-order chi connectivity index (χ0) is 14.5. The number of ether oxygens (including phenoxy) is 1. The molecule has 1 atom stereocenters. The van der Waals surface area contributed by atoms with Gasteiger partial charge in [0.25, 0.3) is 5.91 Å². The van der Waals surface area contributed by atoms with Gasteiger partial charge in [-0.1, -0.05) is 0 Å². The van der Waals surface area contributed by atoms with Crippen molar-refractivity contribution >= 4 is 11.6 Å². The fourth-order valence-corrected chi connectivity index (χ4v) is 2.28. The third-order valence-corrected chi connectivity index (χ3v) is 3.34. The second-order valence-corrected chi connectivity index (χ2v) is 4.80. The molecule has 0 radical (unpaired) electrons. The summed E-state index contributed by atoms with van der Waals surface area (Å²) in [7, 11) is 0. The van der Waals surface area contributed by atoms with E-state index in [1.807, 2.05) is 32.0 Å². The van der Waals surface area contributed by atoms with Gasteiger partial charge in [-0.3, -0.25) is 4.79 Å². The summed E-state index contributed by atoms with van der Waals surface area (Å²) < 4.78 is 5.25. The van der Waals surface area contributed by atoms with Crippen molar-refractivity contribution in [2.75, 3.05) is 31.6 Å². The summed E-state index contributed by atoms with van der Waals surface area (Å²) >= 11 is 0. The number of nitriles is 1. The van der Waals surface area contributed by atoms with Crippen molar-refractivity contribution in [3.05, 3.63) is 29.3 Å². The molecule has 0 saturated carbocycles. The Morgan fingerprint density at radius 1 is 1.60 bits per heavy atom. The normalized spacial score (nSPS) is 18.4. The molecule has 0 spiro atoms. The number of rotatable bonds is 3. The van der Waals surface area contributed by atoms with E-state index in [9.17, 15) is 4.79 Å². The molecule has 20 heavy (non-hydrogen) atoms. The number of morpholine rings is 1. The fourth-order valence-electron chi connectivity index (χ4n) is 2.28. The second kappa shape index (κ2) is 6.40. The van der Waals surface area contributed by atoms with Gasteiger partial charge in [0.15, 0.2) is 6.10 Å². The topological polar surface area (TPSA) is 65.4 Å². The van der Waals surface area contributed by atoms with Crippen LogP contribution in [0, 0.1) is 18.3 Å². The summed E-state index contributed by atoms with van der Waals surface area (Å²) in [6, 6.07) is 7.69. The average molecular weight is 273 g/mol. The molecule has 0 aliphatic carbocycles. The molecule has 2 rings (SSSR count). The van der Waals surface area contributed by atoms with Crippen molar-refractivity contribution in [3.8, 4) is 6.07 Å². The van der Waals surface area contributed by atoms with E-state index in [0.717, 1.165) is 17.8 Å². The van der Waals surface area contributed by atoms with Gasteiger partial charge in [0.05, 0.1) is 19.2 Å². The Hall–Kier alpha value is -2.06. The molecule has 106 valence electrons. The first-order valence-electron chi connectivity index (χ1n) is 6.80. The summed E-state index contributed by atoms with van der Waals surface area (Å²) in [5.41, 5.74) is 2.74. The summed E-state index contributed by atoms with van der Waals surface area (Å²) in [4.78, 5) is 14.1. The van der Waals surface area contributed by atoms with Gasteiger partial charge in [0.1, 0.15) is 0 Å². The maximum Gasteiger partial charge on any atom is 0.254 e. The minimum Gasteiger partial charge on any atom is -0.385 e. The standard InChI is InChI=1S/C15H19N3O2/c1-3-17-14-5-4-12(8-11(14)2)15(19)18-6-7-20-13(9-16)10-18/h4-5,8,13,17H,3,6-7,10H2,1-2H3. The van der Waals surface area contributed by atoms with E-state index in [0.29, 0.717) is 25.3 Å². The highest BCUT2D eigenvalue weighted by molar-refractivity contribution is 5.95. The van der Waals surface area contributed by atoms with Crippen LogP contribution in [0.2, 0.25) is 0 Å². The predicted octanol–water partition coefficient (Wildman–Crippen LogP) is 1.79. The number of benzene rings is 1. The van der Waals surface area contributed by atoms with Crippen LogP contribution in [0.5, 0.6) is 0 Å². The Kier molecular flexibility index (Phi) is 4.59. The van der Waals surface area contributed by atoms with E-state index in [1.54, 1.807) is 4.90 Å². The molecule has 5 heteroatoms. The Morgan fingerprint density at radius 3 is 3.05 bits per heavy atom. The maximum absolute atomic E-state index is 12.4. The number of carbonyl (C=O) groups is 1. The Balaban J connectivity index is 2.13. The van der Waals surface area contributed by atoms with Gasteiger partial charge < -0.3 is 15.0 Å². The number of hydrogen-bond donors (Lipinski definition) is 1. The molecule has 0 bridgehead atoms. The van der Waals surface area contributed by atoms with Gasteiger partial charge in [-0.2, -0.15) is 5.26 Å². The highest BCUT2D eigenvalue weighted by Gasteiger charge is 2.24. The van der Waals surface area contributed by atoms with Crippen LogP contribution in [-0.4, -0.2) is 43.2 Å². The molecule has 1 N–H and O–H groups in total. The average Bonchev–Trinajstić information content (AvgIpc) is 2.49. The number of aryl methyl sites for hydroxylation is 1. The van der Waals surface area contributed by atoms with E-state index < -0.39 is 6.10 Å². The van der Waals surface area contributed by atoms with Crippen LogP contribution in [0.1, 0.15) is 22.8 Å². The van der Waals surface area contributed by atoms with Crippen LogP contribution in [-0.2, 0) is 4.74 Å². The van der Waals surface area contributed by atoms with Crippen molar-refractivity contribution in [1.82, 2.24) is 4.90 Å². The molecule has 1 aliphatic rings. The molecule has 1 unspecified atom stereocenters. The van der Waals surface area contributed by atoms with Crippen molar-refractivity contribution < 1.29 is 9.53 Å². The molecule has 0 aromatic heterocycles. The first-order valence-corrected chi connectivity index (χ1v) is 6.80. The molecular weight excluding hydrogens is 254 g/mol. The number of nitrogens with one attached hydrogen (secondary N) is 1.